The van der Waals surface area contributed by atoms with Gasteiger partial charge in [0, 0.05) is 18.2 Å². The molecule has 0 aromatic heterocycles. The van der Waals surface area contributed by atoms with Crippen molar-refractivity contribution < 1.29 is 0 Å². The molecule has 1 aliphatic heterocycles. The van der Waals surface area contributed by atoms with Crippen LogP contribution in [-0.2, 0) is 17.4 Å². The number of hydrogen-bond donors (Lipinski definition) is 0. The Kier molecular flexibility index (Phi) is 1.88. The average molecular weight is 249 g/mol. The molecule has 1 aliphatic carbocycles. The number of rotatable bonds is 0. The van der Waals surface area contributed by atoms with Crippen LogP contribution in [0, 0.1) is 0 Å². The van der Waals surface area contributed by atoms with E-state index in [-0.39, 0.29) is 11.0 Å². The number of anilines is 1. The van der Waals surface area contributed by atoms with Crippen LogP contribution in [0.15, 0.2) is 48.5 Å². The first-order chi connectivity index (χ1) is 9.09. The van der Waals surface area contributed by atoms with E-state index in [0.717, 1.165) is 6.42 Å². The van der Waals surface area contributed by atoms with E-state index in [0.29, 0.717) is 0 Å². The zero-order chi connectivity index (χ0) is 13.3. The zero-order valence-corrected chi connectivity index (χ0v) is 11.8. The lowest BCUT2D eigenvalue weighted by Gasteiger charge is -2.41. The third kappa shape index (κ3) is 1.04. The first-order valence-corrected chi connectivity index (χ1v) is 7.01. The van der Waals surface area contributed by atoms with Crippen LogP contribution in [-0.4, -0.2) is 7.05 Å². The van der Waals surface area contributed by atoms with Crippen LogP contribution in [0.5, 0.6) is 0 Å². The van der Waals surface area contributed by atoms with Gasteiger partial charge in [-0.3, -0.25) is 0 Å². The Morgan fingerprint density at radius 1 is 0.895 bits per heavy atom. The Hall–Kier alpha value is -1.76. The Morgan fingerprint density at radius 3 is 2.32 bits per heavy atom. The molecule has 0 fully saturated rings. The maximum absolute atomic E-state index is 2.48. The average Bonchev–Trinajstić information content (AvgIpc) is 2.77. The number of hydrogen-bond acceptors (Lipinski definition) is 1. The minimum absolute atomic E-state index is 0.0767. The zero-order valence-electron chi connectivity index (χ0n) is 11.8. The molecule has 1 nitrogen and oxygen atoms in total. The molecule has 2 aromatic carbocycles. The summed E-state index contributed by atoms with van der Waals surface area (Å²) in [5, 5.41) is 0. The van der Waals surface area contributed by atoms with Crippen molar-refractivity contribution in [1.29, 1.82) is 0 Å². The minimum atomic E-state index is 0.0767. The van der Waals surface area contributed by atoms with Crippen LogP contribution < -0.4 is 4.90 Å². The first kappa shape index (κ1) is 11.1. The van der Waals surface area contributed by atoms with Gasteiger partial charge in [-0.1, -0.05) is 49.4 Å². The molecule has 1 heteroatoms. The molecule has 96 valence electrons. The molecule has 2 aromatic rings. The van der Waals surface area contributed by atoms with E-state index in [2.05, 4.69) is 74.3 Å². The Morgan fingerprint density at radius 2 is 1.53 bits per heavy atom. The molecule has 1 heterocycles. The molecule has 0 bridgehead atoms. The van der Waals surface area contributed by atoms with Gasteiger partial charge in [0.1, 0.15) is 0 Å². The van der Waals surface area contributed by atoms with Gasteiger partial charge in [0.05, 0.1) is 5.54 Å². The third-order valence-electron chi connectivity index (χ3n) is 5.69. The predicted octanol–water partition coefficient (Wildman–Crippen LogP) is 3.87. The molecular weight excluding hydrogens is 230 g/mol. The van der Waals surface area contributed by atoms with Crippen molar-refractivity contribution in [2.24, 2.45) is 0 Å². The standard InChI is InChI=1S/C18H19N/c1-17-12-13-8-4-5-9-14(13)18(17,2)19(3)16-11-7-6-10-15(16)17/h4-11H,12H2,1-3H3/t17-,18-/m1/s1. The summed E-state index contributed by atoms with van der Waals surface area (Å²) in [5.41, 5.74) is 6.15. The summed E-state index contributed by atoms with van der Waals surface area (Å²) in [6.07, 6.45) is 1.14. The monoisotopic (exact) mass is 249 g/mol. The summed E-state index contributed by atoms with van der Waals surface area (Å²) < 4.78 is 0. The van der Waals surface area contributed by atoms with Gasteiger partial charge in [-0.2, -0.15) is 0 Å². The normalized spacial score (nSPS) is 31.0. The van der Waals surface area contributed by atoms with Crippen molar-refractivity contribution >= 4 is 5.69 Å². The number of nitrogens with zero attached hydrogens (tertiary/aromatic N) is 1. The molecule has 0 spiro atoms. The second-order valence-corrected chi connectivity index (χ2v) is 6.31. The largest absolute Gasteiger partial charge is 0.364 e. The summed E-state index contributed by atoms with van der Waals surface area (Å²) >= 11 is 0. The first-order valence-electron chi connectivity index (χ1n) is 7.01. The van der Waals surface area contributed by atoms with Gasteiger partial charge >= 0.3 is 0 Å². The van der Waals surface area contributed by atoms with Crippen molar-refractivity contribution in [1.82, 2.24) is 0 Å². The predicted molar refractivity (Wildman–Crippen MR) is 79.7 cm³/mol. The summed E-state index contributed by atoms with van der Waals surface area (Å²) in [7, 11) is 2.24. The van der Waals surface area contributed by atoms with E-state index in [1.54, 1.807) is 0 Å². The fourth-order valence-electron chi connectivity index (χ4n) is 4.38. The second kappa shape index (κ2) is 3.22. The van der Waals surface area contributed by atoms with E-state index < -0.39 is 0 Å². The number of likely N-dealkylation sites (N-methyl/N-ethyl adjacent to an activating group) is 1. The molecule has 0 saturated heterocycles. The molecular formula is C18H19N. The maximum atomic E-state index is 2.48. The van der Waals surface area contributed by atoms with Crippen molar-refractivity contribution in [2.75, 3.05) is 11.9 Å². The minimum Gasteiger partial charge on any atom is -0.364 e. The van der Waals surface area contributed by atoms with Gasteiger partial charge in [0.25, 0.3) is 0 Å². The van der Waals surface area contributed by atoms with Gasteiger partial charge in [-0.25, -0.2) is 0 Å². The fraction of sp³-hybridized carbons (Fsp3) is 0.333. The lowest BCUT2D eigenvalue weighted by molar-refractivity contribution is 0.305. The highest BCUT2D eigenvalue weighted by atomic mass is 15.2. The molecule has 2 aliphatic rings. The van der Waals surface area contributed by atoms with Gasteiger partial charge in [0.2, 0.25) is 0 Å². The Balaban J connectivity index is 2.05. The molecule has 0 N–H and O–H groups in total. The van der Waals surface area contributed by atoms with Crippen molar-refractivity contribution in [3.8, 4) is 0 Å². The molecule has 0 amide bonds. The van der Waals surface area contributed by atoms with Crippen LogP contribution in [0.4, 0.5) is 5.69 Å². The van der Waals surface area contributed by atoms with Crippen molar-refractivity contribution in [3.63, 3.8) is 0 Å². The molecule has 0 unspecified atom stereocenters. The van der Waals surface area contributed by atoms with E-state index in [4.69, 9.17) is 0 Å². The van der Waals surface area contributed by atoms with Gasteiger partial charge in [-0.15, -0.1) is 0 Å². The van der Waals surface area contributed by atoms with E-state index in [9.17, 15) is 0 Å². The number of fused-ring (bicyclic) bond motifs is 5. The maximum Gasteiger partial charge on any atom is 0.0722 e. The van der Waals surface area contributed by atoms with Crippen LogP contribution >= 0.6 is 0 Å². The van der Waals surface area contributed by atoms with Gasteiger partial charge < -0.3 is 4.90 Å². The van der Waals surface area contributed by atoms with Gasteiger partial charge in [0.15, 0.2) is 0 Å². The van der Waals surface area contributed by atoms with Gasteiger partial charge in [-0.05, 0) is 36.1 Å². The topological polar surface area (TPSA) is 3.24 Å². The lowest BCUT2D eigenvalue weighted by atomic mass is 9.70. The SMILES string of the molecule is CN1c2ccccc2[C@@]2(C)Cc3ccccc3[C@@]12C. The Labute approximate surface area is 114 Å². The van der Waals surface area contributed by atoms with Crippen molar-refractivity contribution in [3.05, 3.63) is 65.2 Å². The molecule has 4 rings (SSSR count). The Bertz CT molecular complexity index is 675. The quantitative estimate of drug-likeness (QED) is 0.685. The fourth-order valence-corrected chi connectivity index (χ4v) is 4.38. The summed E-state index contributed by atoms with van der Waals surface area (Å²) in [6.45, 7) is 4.83. The lowest BCUT2D eigenvalue weighted by Crippen LogP contribution is -2.47. The van der Waals surface area contributed by atoms with Crippen LogP contribution in [0.3, 0.4) is 0 Å². The van der Waals surface area contributed by atoms with E-state index in [1.165, 1.54) is 22.4 Å². The van der Waals surface area contributed by atoms with Crippen molar-refractivity contribution in [2.45, 2.75) is 31.2 Å². The molecule has 2 atom stereocenters. The number of para-hydroxylation sites is 1. The summed E-state index contributed by atoms with van der Waals surface area (Å²) in [5.74, 6) is 0. The van der Waals surface area contributed by atoms with Crippen LogP contribution in [0.1, 0.15) is 30.5 Å². The highest BCUT2D eigenvalue weighted by Gasteiger charge is 2.60. The summed E-state index contributed by atoms with van der Waals surface area (Å²) in [6, 6.07) is 17.8. The van der Waals surface area contributed by atoms with Crippen LogP contribution in [0.2, 0.25) is 0 Å². The molecule has 0 radical (unpaired) electrons. The molecule has 19 heavy (non-hydrogen) atoms. The summed E-state index contributed by atoms with van der Waals surface area (Å²) in [4.78, 5) is 2.48. The van der Waals surface area contributed by atoms with Crippen LogP contribution in [0.25, 0.3) is 0 Å². The second-order valence-electron chi connectivity index (χ2n) is 6.31. The van der Waals surface area contributed by atoms with E-state index >= 15 is 0 Å². The smallest absolute Gasteiger partial charge is 0.0722 e. The highest BCUT2D eigenvalue weighted by Crippen LogP contribution is 2.61. The highest BCUT2D eigenvalue weighted by molar-refractivity contribution is 5.71. The molecule has 0 saturated carbocycles. The number of benzene rings is 2. The third-order valence-corrected chi connectivity index (χ3v) is 5.69. The van der Waals surface area contributed by atoms with E-state index in [1.807, 2.05) is 0 Å².